The van der Waals surface area contributed by atoms with Crippen molar-refractivity contribution in [2.24, 2.45) is 0 Å². The number of aryl methyl sites for hydroxylation is 1. The van der Waals surface area contributed by atoms with E-state index in [4.69, 9.17) is 0 Å². The lowest BCUT2D eigenvalue weighted by atomic mass is 10.1. The first-order valence-corrected chi connectivity index (χ1v) is 7.95. The molecule has 0 fully saturated rings. The second kappa shape index (κ2) is 8.58. The van der Waals surface area contributed by atoms with Crippen LogP contribution < -0.4 is 5.32 Å². The van der Waals surface area contributed by atoms with E-state index in [0.29, 0.717) is 6.04 Å². The van der Waals surface area contributed by atoms with Crippen LogP contribution in [-0.4, -0.2) is 6.04 Å². The highest BCUT2D eigenvalue weighted by Crippen LogP contribution is 2.21. The number of anilines is 1. The fourth-order valence-corrected chi connectivity index (χ4v) is 2.47. The van der Waals surface area contributed by atoms with Crippen molar-refractivity contribution >= 4 is 21.6 Å². The number of benzene rings is 1. The Morgan fingerprint density at radius 2 is 1.89 bits per heavy atom. The Morgan fingerprint density at radius 3 is 2.56 bits per heavy atom. The fraction of sp³-hybridized carbons (Fsp3) is 0.625. The summed E-state index contributed by atoms with van der Waals surface area (Å²) in [5, 5.41) is 3.57. The SMILES string of the molecule is CCCCCCCC(C)Nc1ccc(C)c(Br)c1. The van der Waals surface area contributed by atoms with Crippen molar-refractivity contribution in [1.82, 2.24) is 0 Å². The number of hydrogen-bond acceptors (Lipinski definition) is 1. The van der Waals surface area contributed by atoms with Gasteiger partial charge in [-0.3, -0.25) is 0 Å². The predicted molar refractivity (Wildman–Crippen MR) is 85.3 cm³/mol. The second-order valence-electron chi connectivity index (χ2n) is 5.21. The lowest BCUT2D eigenvalue weighted by Crippen LogP contribution is -2.14. The van der Waals surface area contributed by atoms with Gasteiger partial charge >= 0.3 is 0 Å². The molecule has 0 saturated heterocycles. The van der Waals surface area contributed by atoms with E-state index in [1.165, 1.54) is 54.2 Å². The third-order valence-electron chi connectivity index (χ3n) is 3.33. The minimum absolute atomic E-state index is 0.557. The van der Waals surface area contributed by atoms with E-state index in [-0.39, 0.29) is 0 Å². The zero-order chi connectivity index (χ0) is 13.4. The molecular formula is C16H26BrN. The Labute approximate surface area is 120 Å². The molecule has 0 radical (unpaired) electrons. The zero-order valence-corrected chi connectivity index (χ0v) is 13.5. The molecule has 0 saturated carbocycles. The Bertz CT molecular complexity index is 349. The summed E-state index contributed by atoms with van der Waals surface area (Å²) in [6.07, 6.45) is 8.06. The summed E-state index contributed by atoms with van der Waals surface area (Å²) < 4.78 is 1.18. The van der Waals surface area contributed by atoms with Crippen molar-refractivity contribution in [1.29, 1.82) is 0 Å². The van der Waals surface area contributed by atoms with E-state index in [1.54, 1.807) is 0 Å². The molecule has 0 amide bonds. The smallest absolute Gasteiger partial charge is 0.0353 e. The van der Waals surface area contributed by atoms with Crippen LogP contribution in [0.5, 0.6) is 0 Å². The molecule has 1 N–H and O–H groups in total. The first-order valence-electron chi connectivity index (χ1n) is 7.16. The summed E-state index contributed by atoms with van der Waals surface area (Å²) in [4.78, 5) is 0. The molecule has 102 valence electrons. The van der Waals surface area contributed by atoms with E-state index in [2.05, 4.69) is 60.2 Å². The van der Waals surface area contributed by atoms with Gasteiger partial charge in [0.15, 0.2) is 0 Å². The molecule has 1 aromatic rings. The Balaban J connectivity index is 2.26. The number of hydrogen-bond donors (Lipinski definition) is 1. The van der Waals surface area contributed by atoms with Gasteiger partial charge in [-0.15, -0.1) is 0 Å². The molecule has 1 rings (SSSR count). The van der Waals surface area contributed by atoms with Gasteiger partial charge in [0.05, 0.1) is 0 Å². The molecule has 0 aliphatic rings. The average molecular weight is 312 g/mol. The van der Waals surface area contributed by atoms with Crippen LogP contribution in [-0.2, 0) is 0 Å². The van der Waals surface area contributed by atoms with Crippen LogP contribution in [0.2, 0.25) is 0 Å². The van der Waals surface area contributed by atoms with Gasteiger partial charge in [0.1, 0.15) is 0 Å². The highest BCUT2D eigenvalue weighted by molar-refractivity contribution is 9.10. The maximum absolute atomic E-state index is 3.58. The van der Waals surface area contributed by atoms with E-state index < -0.39 is 0 Å². The van der Waals surface area contributed by atoms with Gasteiger partial charge in [-0.05, 0) is 38.0 Å². The van der Waals surface area contributed by atoms with Crippen LogP contribution in [0.25, 0.3) is 0 Å². The van der Waals surface area contributed by atoms with Crippen molar-refractivity contribution in [2.75, 3.05) is 5.32 Å². The standard InChI is InChI=1S/C16H26BrN/c1-4-5-6-7-8-9-14(3)18-15-11-10-13(2)16(17)12-15/h10-12,14,18H,4-9H2,1-3H3. The molecule has 1 atom stereocenters. The summed E-state index contributed by atoms with van der Waals surface area (Å²) >= 11 is 3.58. The van der Waals surface area contributed by atoms with Gasteiger partial charge in [-0.1, -0.05) is 61.0 Å². The van der Waals surface area contributed by atoms with Crippen molar-refractivity contribution in [3.05, 3.63) is 28.2 Å². The van der Waals surface area contributed by atoms with Crippen molar-refractivity contribution in [3.63, 3.8) is 0 Å². The summed E-state index contributed by atoms with van der Waals surface area (Å²) in [7, 11) is 0. The van der Waals surface area contributed by atoms with Crippen molar-refractivity contribution in [3.8, 4) is 0 Å². The molecule has 1 nitrogen and oxygen atoms in total. The Kier molecular flexibility index (Phi) is 7.41. The maximum Gasteiger partial charge on any atom is 0.0353 e. The minimum Gasteiger partial charge on any atom is -0.383 e. The number of halogens is 1. The lowest BCUT2D eigenvalue weighted by molar-refractivity contribution is 0.578. The number of rotatable bonds is 8. The number of unbranched alkanes of at least 4 members (excludes halogenated alkanes) is 4. The van der Waals surface area contributed by atoms with Gasteiger partial charge in [0, 0.05) is 16.2 Å². The van der Waals surface area contributed by atoms with Crippen LogP contribution in [0.15, 0.2) is 22.7 Å². The normalized spacial score (nSPS) is 12.4. The average Bonchev–Trinajstić information content (AvgIpc) is 2.34. The zero-order valence-electron chi connectivity index (χ0n) is 11.9. The van der Waals surface area contributed by atoms with Crippen molar-refractivity contribution < 1.29 is 0 Å². The molecule has 0 bridgehead atoms. The fourth-order valence-electron chi connectivity index (χ4n) is 2.09. The Hall–Kier alpha value is -0.500. The quantitative estimate of drug-likeness (QED) is 0.588. The molecule has 2 heteroatoms. The maximum atomic E-state index is 3.58. The Morgan fingerprint density at radius 1 is 1.17 bits per heavy atom. The molecular weight excluding hydrogens is 286 g/mol. The van der Waals surface area contributed by atoms with E-state index >= 15 is 0 Å². The van der Waals surface area contributed by atoms with Gasteiger partial charge in [-0.2, -0.15) is 0 Å². The third-order valence-corrected chi connectivity index (χ3v) is 4.18. The third kappa shape index (κ3) is 5.90. The molecule has 1 aromatic carbocycles. The molecule has 0 aromatic heterocycles. The largest absolute Gasteiger partial charge is 0.383 e. The topological polar surface area (TPSA) is 12.0 Å². The summed E-state index contributed by atoms with van der Waals surface area (Å²) in [5.41, 5.74) is 2.50. The van der Waals surface area contributed by atoms with Gasteiger partial charge in [-0.25, -0.2) is 0 Å². The summed E-state index contributed by atoms with van der Waals surface area (Å²) in [5.74, 6) is 0. The first-order chi connectivity index (χ1) is 8.63. The highest BCUT2D eigenvalue weighted by atomic mass is 79.9. The van der Waals surface area contributed by atoms with Crippen LogP contribution >= 0.6 is 15.9 Å². The second-order valence-corrected chi connectivity index (χ2v) is 6.07. The minimum atomic E-state index is 0.557. The van der Waals surface area contributed by atoms with Crippen LogP contribution in [0.4, 0.5) is 5.69 Å². The van der Waals surface area contributed by atoms with E-state index in [1.807, 2.05) is 0 Å². The molecule has 1 unspecified atom stereocenters. The highest BCUT2D eigenvalue weighted by Gasteiger charge is 2.03. The first kappa shape index (κ1) is 15.6. The van der Waals surface area contributed by atoms with E-state index in [0.717, 1.165) is 0 Å². The van der Waals surface area contributed by atoms with Crippen molar-refractivity contribution in [2.45, 2.75) is 65.3 Å². The molecule has 18 heavy (non-hydrogen) atoms. The summed E-state index contributed by atoms with van der Waals surface area (Å²) in [6.45, 7) is 6.65. The molecule has 0 spiro atoms. The van der Waals surface area contributed by atoms with Crippen LogP contribution in [0.1, 0.15) is 57.9 Å². The van der Waals surface area contributed by atoms with Crippen LogP contribution in [0.3, 0.4) is 0 Å². The molecule has 0 aliphatic heterocycles. The van der Waals surface area contributed by atoms with Crippen LogP contribution in [0, 0.1) is 6.92 Å². The molecule has 0 heterocycles. The van der Waals surface area contributed by atoms with E-state index in [9.17, 15) is 0 Å². The lowest BCUT2D eigenvalue weighted by Gasteiger charge is -2.15. The predicted octanol–water partition coefficient (Wildman–Crippen LogP) is 5.92. The van der Waals surface area contributed by atoms with Gasteiger partial charge in [0.2, 0.25) is 0 Å². The molecule has 0 aliphatic carbocycles. The number of nitrogens with one attached hydrogen (secondary N) is 1. The van der Waals surface area contributed by atoms with Gasteiger partial charge < -0.3 is 5.32 Å². The van der Waals surface area contributed by atoms with Gasteiger partial charge in [0.25, 0.3) is 0 Å². The summed E-state index contributed by atoms with van der Waals surface area (Å²) in [6, 6.07) is 7.04. The monoisotopic (exact) mass is 311 g/mol.